The molecule has 294 valence electrons. The second-order valence-corrected chi connectivity index (χ2v) is 12.2. The normalized spacial score (nSPS) is 14.3. The van der Waals surface area contributed by atoms with E-state index in [1.807, 2.05) is 0 Å². The monoisotopic (exact) mass is 754 g/mol. The lowest BCUT2D eigenvalue weighted by atomic mass is 10.0. The largest absolute Gasteiger partial charge is 0.481 e. The highest BCUT2D eigenvalue weighted by Gasteiger charge is 2.35. The summed E-state index contributed by atoms with van der Waals surface area (Å²) in [5.41, 5.74) is 16.4. The summed E-state index contributed by atoms with van der Waals surface area (Å²) >= 11 is 0. The van der Waals surface area contributed by atoms with E-state index in [1.165, 1.54) is 26.4 Å². The van der Waals surface area contributed by atoms with Gasteiger partial charge in [0.25, 0.3) is 0 Å². The Labute approximate surface area is 301 Å². The van der Waals surface area contributed by atoms with Gasteiger partial charge in [-0.25, -0.2) is 9.78 Å². The Balaban J connectivity index is 3.25. The van der Waals surface area contributed by atoms with Gasteiger partial charge in [0.2, 0.25) is 41.4 Å². The zero-order chi connectivity index (χ0) is 40.4. The molecule has 1 aromatic rings. The van der Waals surface area contributed by atoms with Gasteiger partial charge in [0.1, 0.15) is 30.2 Å². The number of hydrogen-bond acceptors (Lipinski definition) is 12. The molecule has 0 aliphatic heterocycles. The predicted molar refractivity (Wildman–Crippen MR) is 178 cm³/mol. The Morgan fingerprint density at radius 3 is 1.68 bits per heavy atom. The highest BCUT2D eigenvalue weighted by molar-refractivity contribution is 5.97. The van der Waals surface area contributed by atoms with E-state index in [0.717, 1.165) is 0 Å². The van der Waals surface area contributed by atoms with Crippen molar-refractivity contribution in [3.63, 3.8) is 0 Å². The third kappa shape index (κ3) is 17.1. The summed E-state index contributed by atoms with van der Waals surface area (Å²) in [4.78, 5) is 129. The molecule has 0 aromatic carbocycles. The first-order valence-corrected chi connectivity index (χ1v) is 16.2. The zero-order valence-electron chi connectivity index (χ0n) is 29.0. The van der Waals surface area contributed by atoms with Crippen LogP contribution in [0.1, 0.15) is 64.5 Å². The Hall–Kier alpha value is -6.13. The summed E-state index contributed by atoms with van der Waals surface area (Å²) in [6, 6.07) is -9.35. The fourth-order valence-corrected chi connectivity index (χ4v) is 4.59. The number of H-pyrrole nitrogens is 1. The van der Waals surface area contributed by atoms with Crippen LogP contribution in [-0.4, -0.2) is 121 Å². The molecule has 15 N–H and O–H groups in total. The molecule has 7 amide bonds. The Morgan fingerprint density at radius 2 is 1.17 bits per heavy atom. The number of rotatable bonds is 25. The molecule has 23 heteroatoms. The highest BCUT2D eigenvalue weighted by Crippen LogP contribution is 2.09. The minimum atomic E-state index is -1.83. The second kappa shape index (κ2) is 21.9. The topological polar surface area (TPSA) is 398 Å². The highest BCUT2D eigenvalue weighted by atomic mass is 16.4. The van der Waals surface area contributed by atoms with Crippen molar-refractivity contribution >= 4 is 59.3 Å². The smallest absolute Gasteiger partial charge is 0.326 e. The number of amides is 7. The summed E-state index contributed by atoms with van der Waals surface area (Å²) < 4.78 is 0. The quantitative estimate of drug-likeness (QED) is 0.0446. The molecule has 0 aliphatic rings. The Bertz CT molecular complexity index is 1500. The Kier molecular flexibility index (Phi) is 18.6. The van der Waals surface area contributed by atoms with Gasteiger partial charge in [-0.15, -0.1) is 0 Å². The molecule has 0 aliphatic carbocycles. The molecule has 53 heavy (non-hydrogen) atoms. The lowest BCUT2D eigenvalue weighted by molar-refractivity contribution is -0.143. The van der Waals surface area contributed by atoms with Crippen LogP contribution >= 0.6 is 0 Å². The number of imidazole rings is 1. The van der Waals surface area contributed by atoms with Gasteiger partial charge in [-0.1, -0.05) is 13.8 Å². The average Bonchev–Trinajstić information content (AvgIpc) is 3.57. The van der Waals surface area contributed by atoms with E-state index in [0.29, 0.717) is 5.69 Å². The summed E-state index contributed by atoms with van der Waals surface area (Å²) in [6.45, 7) is 2.94. The van der Waals surface area contributed by atoms with E-state index in [2.05, 4.69) is 36.6 Å². The maximum Gasteiger partial charge on any atom is 0.326 e. The lowest BCUT2D eigenvalue weighted by Gasteiger charge is -2.28. The van der Waals surface area contributed by atoms with Gasteiger partial charge in [0, 0.05) is 37.6 Å². The first-order valence-electron chi connectivity index (χ1n) is 16.2. The van der Waals surface area contributed by atoms with Crippen molar-refractivity contribution in [1.29, 1.82) is 0 Å². The third-order valence-corrected chi connectivity index (χ3v) is 7.48. The van der Waals surface area contributed by atoms with E-state index < -0.39 is 134 Å². The second-order valence-electron chi connectivity index (χ2n) is 12.2. The van der Waals surface area contributed by atoms with E-state index in [-0.39, 0.29) is 19.3 Å². The zero-order valence-corrected chi connectivity index (χ0v) is 29.0. The molecule has 0 bridgehead atoms. The molecule has 0 saturated carbocycles. The van der Waals surface area contributed by atoms with Gasteiger partial charge < -0.3 is 64.1 Å². The standard InChI is InChI=1S/C30H46N10O13/c1-13(2)24(29(51)36-16(4-7-21(33)42)26(48)37-17(30(52)53)5-8-22(43)44)40-28(50)19(10-23(45)46)39-27(49)18(9-14-11-34-12-35-14)38-25(47)15(31)3-6-20(32)41/h11-13,15-19,24H,3-10,31H2,1-2H3,(H2,32,41)(H2,33,42)(H,34,35)(H,36,51)(H,37,48)(H,38,47)(H,39,49)(H,40,50)(H,43,44)(H,45,46)(H,52,53)/t15-,16-,17-,18-,19-,24-/m0/s1. The molecule has 23 nitrogen and oxygen atoms in total. The number of hydrogen-bond donors (Lipinski definition) is 12. The molecule has 0 radical (unpaired) electrons. The number of carboxylic acid groups (broad SMARTS) is 3. The van der Waals surface area contributed by atoms with Crippen LogP contribution in [-0.2, 0) is 54.4 Å². The molecular weight excluding hydrogens is 708 g/mol. The van der Waals surface area contributed by atoms with Crippen molar-refractivity contribution in [3.8, 4) is 0 Å². The molecular formula is C30H46N10O13. The fourth-order valence-electron chi connectivity index (χ4n) is 4.59. The minimum absolute atomic E-state index is 0.155. The van der Waals surface area contributed by atoms with E-state index in [1.54, 1.807) is 0 Å². The lowest BCUT2D eigenvalue weighted by Crippen LogP contribution is -2.60. The van der Waals surface area contributed by atoms with Crippen molar-refractivity contribution in [3.05, 3.63) is 18.2 Å². The minimum Gasteiger partial charge on any atom is -0.481 e. The van der Waals surface area contributed by atoms with E-state index in [4.69, 9.17) is 22.3 Å². The summed E-state index contributed by atoms with van der Waals surface area (Å²) in [7, 11) is 0. The Morgan fingerprint density at radius 1 is 0.660 bits per heavy atom. The van der Waals surface area contributed by atoms with E-state index >= 15 is 0 Å². The number of nitrogens with one attached hydrogen (secondary N) is 6. The number of aromatic amines is 1. The van der Waals surface area contributed by atoms with E-state index in [9.17, 15) is 58.2 Å². The van der Waals surface area contributed by atoms with Crippen LogP contribution < -0.4 is 43.8 Å². The molecule has 0 saturated heterocycles. The van der Waals surface area contributed by atoms with Crippen LogP contribution in [0.25, 0.3) is 0 Å². The number of nitrogens with zero attached hydrogens (tertiary/aromatic N) is 1. The summed E-state index contributed by atoms with van der Waals surface area (Å²) in [5.74, 6) is -12.0. The molecule has 1 aromatic heterocycles. The van der Waals surface area contributed by atoms with Gasteiger partial charge in [0.05, 0.1) is 18.8 Å². The average molecular weight is 755 g/mol. The number of carbonyl (C=O) groups excluding carboxylic acids is 7. The molecule has 1 heterocycles. The van der Waals surface area contributed by atoms with Crippen LogP contribution in [0.3, 0.4) is 0 Å². The van der Waals surface area contributed by atoms with Crippen molar-refractivity contribution < 1.29 is 63.3 Å². The maximum absolute atomic E-state index is 13.4. The van der Waals surface area contributed by atoms with Gasteiger partial charge in [-0.2, -0.15) is 0 Å². The van der Waals surface area contributed by atoms with Crippen molar-refractivity contribution in [2.75, 3.05) is 0 Å². The van der Waals surface area contributed by atoms with Crippen molar-refractivity contribution in [2.45, 2.75) is 101 Å². The number of nitrogens with two attached hydrogens (primary N) is 3. The van der Waals surface area contributed by atoms with Gasteiger partial charge >= 0.3 is 17.9 Å². The molecule has 1 rings (SSSR count). The van der Waals surface area contributed by atoms with Gasteiger partial charge in [0.15, 0.2) is 0 Å². The summed E-state index contributed by atoms with van der Waals surface area (Å²) in [5, 5.41) is 39.2. The van der Waals surface area contributed by atoms with Crippen molar-refractivity contribution in [1.82, 2.24) is 36.6 Å². The number of carbonyl (C=O) groups is 10. The van der Waals surface area contributed by atoms with Crippen molar-refractivity contribution in [2.24, 2.45) is 23.1 Å². The first kappa shape index (κ1) is 44.9. The number of carboxylic acids is 3. The first-order chi connectivity index (χ1) is 24.7. The molecule has 0 spiro atoms. The maximum atomic E-state index is 13.4. The van der Waals surface area contributed by atoms with Crippen LogP contribution in [0.15, 0.2) is 12.5 Å². The number of primary amides is 2. The van der Waals surface area contributed by atoms with Crippen LogP contribution in [0.2, 0.25) is 0 Å². The van der Waals surface area contributed by atoms with Crippen LogP contribution in [0.4, 0.5) is 0 Å². The van der Waals surface area contributed by atoms with Gasteiger partial charge in [-0.3, -0.25) is 43.2 Å². The van der Waals surface area contributed by atoms with Crippen LogP contribution in [0, 0.1) is 5.92 Å². The molecule has 6 atom stereocenters. The molecule has 0 unspecified atom stereocenters. The van der Waals surface area contributed by atoms with Crippen LogP contribution in [0.5, 0.6) is 0 Å². The number of aliphatic carboxylic acids is 3. The fraction of sp³-hybridized carbons (Fsp3) is 0.567. The SMILES string of the molecule is CC(C)[C@H](NC(=O)[C@H](CC(=O)O)NC(=O)[C@H](Cc1cnc[nH]1)NC(=O)[C@@H](N)CCC(N)=O)C(=O)N[C@@H](CCC(N)=O)C(=O)N[C@@H](CCC(=O)O)C(=O)O. The summed E-state index contributed by atoms with van der Waals surface area (Å²) in [6.07, 6.45) is -1.00. The third-order valence-electron chi connectivity index (χ3n) is 7.48. The van der Waals surface area contributed by atoms with Gasteiger partial charge in [-0.05, 0) is 25.2 Å². The number of aromatic nitrogens is 2. The predicted octanol–water partition coefficient (Wildman–Crippen LogP) is -4.69. The molecule has 0 fully saturated rings.